The first-order chi connectivity index (χ1) is 8.15. The molecule has 0 spiro atoms. The average Bonchev–Trinajstić information content (AvgIpc) is 2.32. The number of allylic oxidation sites excluding steroid dienone is 1. The molecule has 0 amide bonds. The second kappa shape index (κ2) is 7.75. The Bertz CT molecular complexity index is 363. The molecule has 3 heteroatoms. The molecule has 0 saturated carbocycles. The summed E-state index contributed by atoms with van der Waals surface area (Å²) in [7, 11) is 0. The van der Waals surface area contributed by atoms with Gasteiger partial charge in [0, 0.05) is 15.6 Å². The molecule has 1 aromatic carbocycles. The smallest absolute Gasteiger partial charge is 0.0805 e. The van der Waals surface area contributed by atoms with Crippen molar-refractivity contribution in [3.05, 3.63) is 46.5 Å². The fraction of sp³-hybridized carbons (Fsp3) is 0.429. The second-order valence-electron chi connectivity index (χ2n) is 4.11. The third-order valence-electron chi connectivity index (χ3n) is 2.70. The van der Waals surface area contributed by atoms with E-state index in [0.29, 0.717) is 10.0 Å². The van der Waals surface area contributed by atoms with E-state index >= 15 is 0 Å². The van der Waals surface area contributed by atoms with E-state index in [1.165, 1.54) is 0 Å². The van der Waals surface area contributed by atoms with E-state index in [0.717, 1.165) is 37.7 Å². The number of aliphatic hydroxyl groups excluding tert-OH is 1. The summed E-state index contributed by atoms with van der Waals surface area (Å²) in [4.78, 5) is 0. The largest absolute Gasteiger partial charge is 0.388 e. The van der Waals surface area contributed by atoms with Crippen LogP contribution in [0.15, 0.2) is 30.9 Å². The topological polar surface area (TPSA) is 20.2 Å². The molecule has 17 heavy (non-hydrogen) atoms. The van der Waals surface area contributed by atoms with Crippen LogP contribution < -0.4 is 0 Å². The molecule has 0 aliphatic rings. The maximum Gasteiger partial charge on any atom is 0.0805 e. The van der Waals surface area contributed by atoms with Crippen molar-refractivity contribution >= 4 is 23.2 Å². The highest BCUT2D eigenvalue weighted by Crippen LogP contribution is 2.29. The van der Waals surface area contributed by atoms with Gasteiger partial charge in [0.2, 0.25) is 0 Å². The van der Waals surface area contributed by atoms with Gasteiger partial charge in [0.05, 0.1) is 6.10 Å². The van der Waals surface area contributed by atoms with E-state index in [-0.39, 0.29) is 0 Å². The lowest BCUT2D eigenvalue weighted by Gasteiger charge is -2.12. The van der Waals surface area contributed by atoms with Crippen molar-refractivity contribution in [2.75, 3.05) is 0 Å². The van der Waals surface area contributed by atoms with E-state index in [9.17, 15) is 5.11 Å². The van der Waals surface area contributed by atoms with Crippen LogP contribution >= 0.6 is 23.2 Å². The van der Waals surface area contributed by atoms with Crippen molar-refractivity contribution in [1.82, 2.24) is 0 Å². The molecule has 0 aliphatic heterocycles. The van der Waals surface area contributed by atoms with Crippen molar-refractivity contribution in [1.29, 1.82) is 0 Å². The molecule has 0 bridgehead atoms. The van der Waals surface area contributed by atoms with Crippen molar-refractivity contribution < 1.29 is 5.11 Å². The van der Waals surface area contributed by atoms with E-state index in [1.807, 2.05) is 6.08 Å². The predicted molar refractivity (Wildman–Crippen MR) is 74.7 cm³/mol. The van der Waals surface area contributed by atoms with E-state index in [1.54, 1.807) is 18.2 Å². The highest BCUT2D eigenvalue weighted by Gasteiger charge is 2.11. The normalized spacial score (nSPS) is 12.4. The summed E-state index contributed by atoms with van der Waals surface area (Å²) < 4.78 is 0. The summed E-state index contributed by atoms with van der Waals surface area (Å²) in [5.41, 5.74) is 0.725. The van der Waals surface area contributed by atoms with Gasteiger partial charge < -0.3 is 5.11 Å². The van der Waals surface area contributed by atoms with Crippen LogP contribution in [0.2, 0.25) is 10.0 Å². The number of unbranched alkanes of at least 4 members (excludes halogenated alkanes) is 3. The molecule has 0 saturated heterocycles. The predicted octanol–water partition coefficient (Wildman–Crippen LogP) is 5.16. The standard InChI is InChI=1S/C14H18Cl2O/c1-2-3-4-5-6-7-14(17)12-10-11(15)8-9-13(12)16/h2,8-10,14,17H,1,3-7H2. The number of hydrogen-bond acceptors (Lipinski definition) is 1. The number of benzene rings is 1. The quantitative estimate of drug-likeness (QED) is 0.537. The number of hydrogen-bond donors (Lipinski definition) is 1. The van der Waals surface area contributed by atoms with Gasteiger partial charge in [-0.05, 0) is 37.5 Å². The molecule has 1 N–H and O–H groups in total. The SMILES string of the molecule is C=CCCCCCC(O)c1cc(Cl)ccc1Cl. The lowest BCUT2D eigenvalue weighted by Crippen LogP contribution is -1.98. The van der Waals surface area contributed by atoms with Gasteiger partial charge in [-0.1, -0.05) is 42.1 Å². The first kappa shape index (κ1) is 14.6. The van der Waals surface area contributed by atoms with E-state index in [2.05, 4.69) is 6.58 Å². The van der Waals surface area contributed by atoms with Crippen LogP contribution in [0.25, 0.3) is 0 Å². The van der Waals surface area contributed by atoms with Crippen LogP contribution in [0, 0.1) is 0 Å². The first-order valence-electron chi connectivity index (χ1n) is 5.89. The van der Waals surface area contributed by atoms with Gasteiger partial charge in [-0.3, -0.25) is 0 Å². The van der Waals surface area contributed by atoms with Crippen molar-refractivity contribution in [3.63, 3.8) is 0 Å². The highest BCUT2D eigenvalue weighted by atomic mass is 35.5. The van der Waals surface area contributed by atoms with Crippen molar-refractivity contribution in [3.8, 4) is 0 Å². The summed E-state index contributed by atoms with van der Waals surface area (Å²) in [6.45, 7) is 3.68. The van der Waals surface area contributed by atoms with Gasteiger partial charge in [-0.25, -0.2) is 0 Å². The molecule has 1 atom stereocenters. The second-order valence-corrected chi connectivity index (χ2v) is 4.95. The molecule has 1 rings (SSSR count). The lowest BCUT2D eigenvalue weighted by atomic mass is 10.0. The molecule has 1 nitrogen and oxygen atoms in total. The Morgan fingerprint density at radius 1 is 1.24 bits per heavy atom. The molecule has 94 valence electrons. The van der Waals surface area contributed by atoms with Gasteiger partial charge >= 0.3 is 0 Å². The molecule has 0 aliphatic carbocycles. The van der Waals surface area contributed by atoms with Gasteiger partial charge in [-0.2, -0.15) is 0 Å². The van der Waals surface area contributed by atoms with E-state index in [4.69, 9.17) is 23.2 Å². The summed E-state index contributed by atoms with van der Waals surface area (Å²) in [6.07, 6.45) is 6.36. The molecule has 0 aromatic heterocycles. The molecule has 0 radical (unpaired) electrons. The average molecular weight is 273 g/mol. The fourth-order valence-electron chi connectivity index (χ4n) is 1.73. The number of aliphatic hydroxyl groups is 1. The molecule has 0 heterocycles. The number of halogens is 2. The Morgan fingerprint density at radius 2 is 2.00 bits per heavy atom. The zero-order chi connectivity index (χ0) is 12.7. The minimum Gasteiger partial charge on any atom is -0.388 e. The Morgan fingerprint density at radius 3 is 2.71 bits per heavy atom. The molecular formula is C14H18Cl2O. The van der Waals surface area contributed by atoms with Gasteiger partial charge in [-0.15, -0.1) is 6.58 Å². The third-order valence-corrected chi connectivity index (χ3v) is 3.28. The van der Waals surface area contributed by atoms with Crippen LogP contribution in [0.1, 0.15) is 43.8 Å². The zero-order valence-corrected chi connectivity index (χ0v) is 11.3. The fourth-order valence-corrected chi connectivity index (χ4v) is 2.15. The van der Waals surface area contributed by atoms with Crippen LogP contribution in [-0.2, 0) is 0 Å². The van der Waals surface area contributed by atoms with Crippen LogP contribution in [0.3, 0.4) is 0 Å². The Labute approximate surface area is 113 Å². The third kappa shape index (κ3) is 5.12. The first-order valence-corrected chi connectivity index (χ1v) is 6.64. The Hall–Kier alpha value is -0.500. The summed E-state index contributed by atoms with van der Waals surface area (Å²) in [5, 5.41) is 11.2. The van der Waals surface area contributed by atoms with Crippen molar-refractivity contribution in [2.45, 2.75) is 38.2 Å². The Kier molecular flexibility index (Phi) is 6.64. The van der Waals surface area contributed by atoms with Crippen molar-refractivity contribution in [2.24, 2.45) is 0 Å². The molecular weight excluding hydrogens is 255 g/mol. The zero-order valence-electron chi connectivity index (χ0n) is 9.83. The molecule has 0 fully saturated rings. The van der Waals surface area contributed by atoms with E-state index < -0.39 is 6.10 Å². The maximum atomic E-state index is 10.0. The molecule has 1 unspecified atom stereocenters. The lowest BCUT2D eigenvalue weighted by molar-refractivity contribution is 0.163. The van der Waals surface area contributed by atoms with Crippen LogP contribution in [-0.4, -0.2) is 5.11 Å². The minimum absolute atomic E-state index is 0.523. The minimum atomic E-state index is -0.523. The van der Waals surface area contributed by atoms with Gasteiger partial charge in [0.15, 0.2) is 0 Å². The van der Waals surface area contributed by atoms with Crippen LogP contribution in [0.5, 0.6) is 0 Å². The summed E-state index contributed by atoms with van der Waals surface area (Å²) in [5.74, 6) is 0. The highest BCUT2D eigenvalue weighted by molar-refractivity contribution is 6.33. The van der Waals surface area contributed by atoms with Gasteiger partial charge in [0.25, 0.3) is 0 Å². The molecule has 1 aromatic rings. The Balaban J connectivity index is 2.43. The summed E-state index contributed by atoms with van der Waals surface area (Å²) >= 11 is 11.9. The van der Waals surface area contributed by atoms with Gasteiger partial charge in [0.1, 0.15) is 0 Å². The number of rotatable bonds is 7. The monoisotopic (exact) mass is 272 g/mol. The summed E-state index contributed by atoms with van der Waals surface area (Å²) in [6, 6.07) is 5.18. The maximum absolute atomic E-state index is 10.0. The van der Waals surface area contributed by atoms with Crippen LogP contribution in [0.4, 0.5) is 0 Å².